The molecule has 0 aliphatic heterocycles. The van der Waals surface area contributed by atoms with Gasteiger partial charge in [0, 0.05) is 16.7 Å². The Balaban J connectivity index is 2.39. The van der Waals surface area contributed by atoms with E-state index in [1.54, 1.807) is 63.2 Å². The average Bonchev–Trinajstić information content (AvgIpc) is 2.84. The minimum absolute atomic E-state index is 0.131. The van der Waals surface area contributed by atoms with E-state index in [0.29, 0.717) is 28.2 Å². The van der Waals surface area contributed by atoms with Gasteiger partial charge in [0.05, 0.1) is 0 Å². The zero-order valence-electron chi connectivity index (χ0n) is 21.6. The van der Waals surface area contributed by atoms with Crippen LogP contribution in [-0.2, 0) is 19.1 Å². The molecule has 6 heteroatoms. The van der Waals surface area contributed by atoms with Gasteiger partial charge in [-0.1, -0.05) is 56.7 Å². The molecule has 2 aromatic rings. The number of esters is 3. The summed E-state index contributed by atoms with van der Waals surface area (Å²) < 4.78 is 15.8. The monoisotopic (exact) mass is 498 g/mol. The second-order valence-corrected chi connectivity index (χ2v) is 8.45. The van der Waals surface area contributed by atoms with Gasteiger partial charge in [0.15, 0.2) is 0 Å². The summed E-state index contributed by atoms with van der Waals surface area (Å²) >= 11 is 0. The first-order valence-electron chi connectivity index (χ1n) is 11.3. The van der Waals surface area contributed by atoms with Crippen LogP contribution in [0.5, 0.6) is 11.5 Å². The van der Waals surface area contributed by atoms with Crippen LogP contribution in [0.4, 0.5) is 0 Å². The molecule has 0 radical (unpaired) electrons. The van der Waals surface area contributed by atoms with E-state index in [4.69, 9.17) is 14.2 Å². The summed E-state index contributed by atoms with van der Waals surface area (Å²) in [7, 11) is 0. The second kappa shape index (κ2) is 12.8. The van der Waals surface area contributed by atoms with Crippen molar-refractivity contribution in [2.45, 2.75) is 27.7 Å². The summed E-state index contributed by atoms with van der Waals surface area (Å²) in [6.07, 6.45) is 3.52. The van der Waals surface area contributed by atoms with Gasteiger partial charge in [-0.15, -0.1) is 0 Å². The Morgan fingerprint density at radius 1 is 0.595 bits per heavy atom. The highest BCUT2D eigenvalue weighted by Crippen LogP contribution is 2.27. The number of allylic oxidation sites excluding steroid dienone is 4. The molecule has 0 atom stereocenters. The van der Waals surface area contributed by atoms with Gasteiger partial charge in [-0.2, -0.15) is 0 Å². The number of hydrogen-bond donors (Lipinski definition) is 0. The fourth-order valence-corrected chi connectivity index (χ4v) is 2.82. The van der Waals surface area contributed by atoms with Crippen LogP contribution in [0.15, 0.2) is 109 Å². The Kier molecular flexibility index (Phi) is 9.90. The van der Waals surface area contributed by atoms with Gasteiger partial charge in [0.2, 0.25) is 0 Å². The Hall–Kier alpha value is -4.71. The second-order valence-electron chi connectivity index (χ2n) is 8.45. The van der Waals surface area contributed by atoms with Crippen molar-refractivity contribution in [3.8, 4) is 11.5 Å². The maximum absolute atomic E-state index is 11.9. The molecule has 0 aliphatic carbocycles. The van der Waals surface area contributed by atoms with Crippen molar-refractivity contribution in [2.75, 3.05) is 0 Å². The first-order valence-corrected chi connectivity index (χ1v) is 11.3. The molecule has 0 fully saturated rings. The molecule has 2 aromatic carbocycles. The summed E-state index contributed by atoms with van der Waals surface area (Å²) in [4.78, 5) is 35.5. The summed E-state index contributed by atoms with van der Waals surface area (Å²) in [6.45, 7) is 21.2. The molecule has 190 valence electrons. The van der Waals surface area contributed by atoms with Crippen LogP contribution in [0.3, 0.4) is 0 Å². The van der Waals surface area contributed by atoms with Gasteiger partial charge >= 0.3 is 17.9 Å². The molecule has 0 amide bonds. The molecule has 0 heterocycles. The number of carbonyl (C=O) groups is 3. The number of hydrogen-bond acceptors (Lipinski definition) is 6. The zero-order chi connectivity index (χ0) is 27.7. The van der Waals surface area contributed by atoms with Crippen LogP contribution in [0, 0.1) is 0 Å². The number of ether oxygens (including phenoxy) is 3. The molecular formula is C31H30O6. The molecule has 37 heavy (non-hydrogen) atoms. The molecule has 0 unspecified atom stereocenters. The van der Waals surface area contributed by atoms with Crippen molar-refractivity contribution < 1.29 is 28.6 Å². The Labute approximate surface area is 217 Å². The van der Waals surface area contributed by atoms with E-state index in [1.165, 1.54) is 0 Å². The third kappa shape index (κ3) is 8.78. The summed E-state index contributed by atoms with van der Waals surface area (Å²) in [5.41, 5.74) is 4.04. The number of rotatable bonds is 10. The number of carbonyl (C=O) groups excluding carboxylic acids is 3. The van der Waals surface area contributed by atoms with Gasteiger partial charge < -0.3 is 14.2 Å². The minimum atomic E-state index is -0.580. The smallest absolute Gasteiger partial charge is 0.338 e. The van der Waals surface area contributed by atoms with E-state index in [0.717, 1.165) is 16.7 Å². The molecule has 0 spiro atoms. The molecule has 0 aromatic heterocycles. The van der Waals surface area contributed by atoms with Gasteiger partial charge in [0.1, 0.15) is 17.3 Å². The molecule has 0 saturated heterocycles. The summed E-state index contributed by atoms with van der Waals surface area (Å²) in [6, 6.07) is 13.9. The lowest BCUT2D eigenvalue weighted by molar-refractivity contribution is -0.134. The van der Waals surface area contributed by atoms with Crippen LogP contribution in [0.2, 0.25) is 0 Å². The van der Waals surface area contributed by atoms with E-state index in [-0.39, 0.29) is 11.3 Å². The lowest BCUT2D eigenvalue weighted by Gasteiger charge is -2.11. The summed E-state index contributed by atoms with van der Waals surface area (Å²) in [5, 5.41) is 0. The highest BCUT2D eigenvalue weighted by molar-refractivity contribution is 5.90. The molecule has 6 nitrogen and oxygen atoms in total. The summed E-state index contributed by atoms with van der Waals surface area (Å²) in [5.74, 6) is -0.693. The largest absolute Gasteiger partial charge is 0.424 e. The molecule has 2 rings (SSSR count). The van der Waals surface area contributed by atoms with Crippen molar-refractivity contribution in [1.29, 1.82) is 0 Å². The molecular weight excluding hydrogens is 468 g/mol. The first-order chi connectivity index (χ1) is 17.4. The Bertz CT molecular complexity index is 1320. The molecule has 0 bridgehead atoms. The maximum atomic E-state index is 11.9. The van der Waals surface area contributed by atoms with Gasteiger partial charge in [-0.05, 0) is 80.3 Å². The van der Waals surface area contributed by atoms with E-state index >= 15 is 0 Å². The molecule has 0 saturated carbocycles. The van der Waals surface area contributed by atoms with Gasteiger partial charge in [-0.3, -0.25) is 0 Å². The lowest BCUT2D eigenvalue weighted by atomic mass is 9.99. The first kappa shape index (κ1) is 28.5. The molecule has 0 aliphatic rings. The SMILES string of the molecule is C=C(/C=C(\C=C(/C)c1ccc(OC(=O)C(=C)C)cc1)c1ccc(OC(=O)C(=C)C)cc1)OC(=O)C(=C)C. The van der Waals surface area contributed by atoms with Gasteiger partial charge in [0.25, 0.3) is 0 Å². The minimum Gasteiger partial charge on any atom is -0.424 e. The lowest BCUT2D eigenvalue weighted by Crippen LogP contribution is -2.08. The van der Waals surface area contributed by atoms with Crippen LogP contribution in [0.25, 0.3) is 11.1 Å². The standard InChI is InChI=1S/C31H30O6/c1-19(2)29(32)35-23(8)18-26(25-11-15-28(16-12-25)37-31(34)21(5)6)17-22(7)24-9-13-27(14-10-24)36-30(33)20(3)4/h9-18H,1,3,5,8H2,2,4,6-7H3/b22-17+,26-18+. The molecule has 0 N–H and O–H groups in total. The normalized spacial score (nSPS) is 11.2. The van der Waals surface area contributed by atoms with Crippen LogP contribution in [-0.4, -0.2) is 17.9 Å². The third-order valence-corrected chi connectivity index (χ3v) is 4.88. The van der Waals surface area contributed by atoms with Crippen LogP contribution in [0.1, 0.15) is 38.8 Å². The van der Waals surface area contributed by atoms with Gasteiger partial charge in [-0.25, -0.2) is 14.4 Å². The van der Waals surface area contributed by atoms with E-state index in [2.05, 4.69) is 26.3 Å². The van der Waals surface area contributed by atoms with Crippen molar-refractivity contribution in [2.24, 2.45) is 0 Å². The quantitative estimate of drug-likeness (QED) is 0.118. The van der Waals surface area contributed by atoms with Crippen molar-refractivity contribution >= 4 is 29.1 Å². The highest BCUT2D eigenvalue weighted by atomic mass is 16.5. The van der Waals surface area contributed by atoms with Crippen LogP contribution < -0.4 is 9.47 Å². The van der Waals surface area contributed by atoms with Crippen molar-refractivity contribution in [3.05, 3.63) is 121 Å². The van der Waals surface area contributed by atoms with E-state index in [1.807, 2.05) is 25.1 Å². The maximum Gasteiger partial charge on any atom is 0.338 e. The third-order valence-electron chi connectivity index (χ3n) is 4.88. The van der Waals surface area contributed by atoms with E-state index < -0.39 is 17.9 Å². The highest BCUT2D eigenvalue weighted by Gasteiger charge is 2.10. The van der Waals surface area contributed by atoms with Crippen molar-refractivity contribution in [3.63, 3.8) is 0 Å². The predicted molar refractivity (Wildman–Crippen MR) is 145 cm³/mol. The topological polar surface area (TPSA) is 78.9 Å². The fourth-order valence-electron chi connectivity index (χ4n) is 2.82. The van der Waals surface area contributed by atoms with Crippen molar-refractivity contribution in [1.82, 2.24) is 0 Å². The zero-order valence-corrected chi connectivity index (χ0v) is 21.6. The average molecular weight is 499 g/mol. The van der Waals surface area contributed by atoms with E-state index in [9.17, 15) is 14.4 Å². The fraction of sp³-hybridized carbons (Fsp3) is 0.129. The Morgan fingerprint density at radius 3 is 1.41 bits per heavy atom. The predicted octanol–water partition coefficient (Wildman–Crippen LogP) is 6.77. The Morgan fingerprint density at radius 2 is 1.00 bits per heavy atom. The number of benzene rings is 2. The van der Waals surface area contributed by atoms with Crippen LogP contribution >= 0.6 is 0 Å².